The lowest BCUT2D eigenvalue weighted by Crippen LogP contribution is -2.09. The molecule has 0 radical (unpaired) electrons. The predicted molar refractivity (Wildman–Crippen MR) is 91.6 cm³/mol. The van der Waals surface area contributed by atoms with Crippen molar-refractivity contribution in [3.63, 3.8) is 0 Å². The highest BCUT2D eigenvalue weighted by atomic mass is 79.9. The summed E-state index contributed by atoms with van der Waals surface area (Å²) in [5, 5.41) is 10.3. The molecule has 1 aromatic carbocycles. The van der Waals surface area contributed by atoms with Crippen LogP contribution in [0.5, 0.6) is 0 Å². The van der Waals surface area contributed by atoms with Crippen LogP contribution in [0.15, 0.2) is 33.7 Å². The molecule has 1 atom stereocenters. The Morgan fingerprint density at radius 1 is 1.38 bits per heavy atom. The largest absolute Gasteiger partial charge is 0.244 e. The van der Waals surface area contributed by atoms with Gasteiger partial charge in [0.25, 0.3) is 0 Å². The second kappa shape index (κ2) is 6.13. The number of nitrogens with zero attached hydrogens (tertiary/aromatic N) is 2. The summed E-state index contributed by atoms with van der Waals surface area (Å²) in [6, 6.07) is 10.4. The van der Waals surface area contributed by atoms with Crippen LogP contribution in [0.1, 0.15) is 34.9 Å². The van der Waals surface area contributed by atoms with E-state index in [1.807, 2.05) is 30.5 Å². The maximum Gasteiger partial charge on any atom is 0.134 e. The molecule has 4 heteroatoms. The summed E-state index contributed by atoms with van der Waals surface area (Å²) < 4.78 is 1.05. The molecule has 1 aromatic heterocycles. The van der Waals surface area contributed by atoms with Crippen LogP contribution in [0.4, 0.5) is 5.00 Å². The van der Waals surface area contributed by atoms with Gasteiger partial charge >= 0.3 is 0 Å². The fourth-order valence-corrected chi connectivity index (χ4v) is 4.19. The molecule has 0 bridgehead atoms. The molecule has 21 heavy (non-hydrogen) atoms. The number of benzene rings is 1. The molecule has 0 amide bonds. The van der Waals surface area contributed by atoms with Gasteiger partial charge in [0.15, 0.2) is 0 Å². The molecular formula is C17H15BrN2S. The van der Waals surface area contributed by atoms with Crippen LogP contribution < -0.4 is 0 Å². The van der Waals surface area contributed by atoms with Crippen molar-refractivity contribution in [1.82, 2.24) is 0 Å². The molecule has 1 aliphatic carbocycles. The third kappa shape index (κ3) is 3.09. The Hall–Kier alpha value is -1.44. The van der Waals surface area contributed by atoms with E-state index in [0.29, 0.717) is 5.92 Å². The summed E-state index contributed by atoms with van der Waals surface area (Å²) in [5.74, 6) is 0.714. The average molecular weight is 359 g/mol. The topological polar surface area (TPSA) is 36.1 Å². The Morgan fingerprint density at radius 3 is 2.86 bits per heavy atom. The van der Waals surface area contributed by atoms with E-state index in [4.69, 9.17) is 0 Å². The third-order valence-corrected chi connectivity index (χ3v) is 5.50. The number of hydrogen-bond donors (Lipinski definition) is 0. The first-order valence-corrected chi connectivity index (χ1v) is 8.62. The first-order chi connectivity index (χ1) is 10.2. The minimum atomic E-state index is 0.714. The standard InChI is InChI=1S/C17H15BrN2S/c1-11-2-7-14-15(9-19)17(21-16(14)8-11)20-10-12-3-5-13(18)6-4-12/h3-6,10-11H,2,7-8H2,1H3/t11-/m1/s1. The van der Waals surface area contributed by atoms with Crippen molar-refractivity contribution in [3.05, 3.63) is 50.3 Å². The molecule has 0 saturated carbocycles. The van der Waals surface area contributed by atoms with Gasteiger partial charge in [0.1, 0.15) is 11.1 Å². The zero-order chi connectivity index (χ0) is 14.8. The van der Waals surface area contributed by atoms with Gasteiger partial charge in [-0.3, -0.25) is 0 Å². The first-order valence-electron chi connectivity index (χ1n) is 7.01. The van der Waals surface area contributed by atoms with Gasteiger partial charge in [0.05, 0.1) is 5.56 Å². The average Bonchev–Trinajstić information content (AvgIpc) is 2.83. The summed E-state index contributed by atoms with van der Waals surface area (Å²) >= 11 is 5.11. The predicted octanol–water partition coefficient (Wildman–Crippen LogP) is 5.26. The Balaban J connectivity index is 1.92. The monoisotopic (exact) mass is 358 g/mol. The SMILES string of the molecule is C[C@@H]1CCc2c(sc(N=Cc3ccc(Br)cc3)c2C#N)C1. The van der Waals surface area contributed by atoms with E-state index in [1.165, 1.54) is 16.9 Å². The van der Waals surface area contributed by atoms with E-state index < -0.39 is 0 Å². The van der Waals surface area contributed by atoms with Crippen molar-refractivity contribution in [1.29, 1.82) is 5.26 Å². The third-order valence-electron chi connectivity index (χ3n) is 3.81. The van der Waals surface area contributed by atoms with Crippen LogP contribution in [0.25, 0.3) is 0 Å². The minimum absolute atomic E-state index is 0.714. The lowest BCUT2D eigenvalue weighted by Gasteiger charge is -2.17. The summed E-state index contributed by atoms with van der Waals surface area (Å²) in [4.78, 5) is 5.92. The molecule has 2 nitrogen and oxygen atoms in total. The molecular weight excluding hydrogens is 344 g/mol. The van der Waals surface area contributed by atoms with E-state index >= 15 is 0 Å². The second-order valence-corrected chi connectivity index (χ2v) is 7.45. The highest BCUT2D eigenvalue weighted by Crippen LogP contribution is 2.40. The molecule has 0 saturated heterocycles. The number of fused-ring (bicyclic) bond motifs is 1. The van der Waals surface area contributed by atoms with Gasteiger partial charge in [-0.15, -0.1) is 11.3 Å². The smallest absolute Gasteiger partial charge is 0.134 e. The van der Waals surface area contributed by atoms with Gasteiger partial charge in [-0.1, -0.05) is 35.0 Å². The van der Waals surface area contributed by atoms with Crippen LogP contribution in [0, 0.1) is 17.2 Å². The van der Waals surface area contributed by atoms with Crippen LogP contribution in [0.2, 0.25) is 0 Å². The quantitative estimate of drug-likeness (QED) is 0.674. The zero-order valence-electron chi connectivity index (χ0n) is 11.8. The first kappa shape index (κ1) is 14.5. The van der Waals surface area contributed by atoms with Crippen molar-refractivity contribution in [2.24, 2.45) is 10.9 Å². The fraction of sp³-hybridized carbons (Fsp3) is 0.294. The summed E-state index contributed by atoms with van der Waals surface area (Å²) in [7, 11) is 0. The summed E-state index contributed by atoms with van der Waals surface area (Å²) in [5.41, 5.74) is 3.07. The van der Waals surface area contributed by atoms with Gasteiger partial charge in [-0.25, -0.2) is 4.99 Å². The number of thiophene rings is 1. The Labute approximate surface area is 137 Å². The highest BCUT2D eigenvalue weighted by molar-refractivity contribution is 9.10. The van der Waals surface area contributed by atoms with E-state index in [2.05, 4.69) is 33.9 Å². The van der Waals surface area contributed by atoms with E-state index in [-0.39, 0.29) is 0 Å². The molecule has 0 unspecified atom stereocenters. The number of halogens is 1. The zero-order valence-corrected chi connectivity index (χ0v) is 14.2. The molecule has 0 spiro atoms. The maximum atomic E-state index is 9.44. The second-order valence-electron chi connectivity index (χ2n) is 5.45. The number of nitriles is 1. The van der Waals surface area contributed by atoms with Crippen LogP contribution in [-0.4, -0.2) is 6.21 Å². The summed E-state index contributed by atoms with van der Waals surface area (Å²) in [6.45, 7) is 2.28. The van der Waals surface area contributed by atoms with Gasteiger partial charge in [0.2, 0.25) is 0 Å². The van der Waals surface area contributed by atoms with Crippen molar-refractivity contribution in [3.8, 4) is 6.07 Å². The lowest BCUT2D eigenvalue weighted by molar-refractivity contribution is 0.507. The van der Waals surface area contributed by atoms with Crippen LogP contribution in [-0.2, 0) is 12.8 Å². The van der Waals surface area contributed by atoms with E-state index in [0.717, 1.165) is 33.4 Å². The van der Waals surface area contributed by atoms with E-state index in [1.54, 1.807) is 11.3 Å². The lowest BCUT2D eigenvalue weighted by atomic mass is 9.89. The molecule has 0 N–H and O–H groups in total. The molecule has 1 heterocycles. The van der Waals surface area contributed by atoms with Crippen LogP contribution in [0.3, 0.4) is 0 Å². The molecule has 2 aromatic rings. The fourth-order valence-electron chi connectivity index (χ4n) is 2.62. The van der Waals surface area contributed by atoms with E-state index in [9.17, 15) is 5.26 Å². The van der Waals surface area contributed by atoms with Gasteiger partial charge in [-0.2, -0.15) is 5.26 Å². The Bertz CT molecular complexity index is 722. The molecule has 106 valence electrons. The van der Waals surface area contributed by atoms with Gasteiger partial charge < -0.3 is 0 Å². The van der Waals surface area contributed by atoms with Crippen molar-refractivity contribution < 1.29 is 0 Å². The van der Waals surface area contributed by atoms with Gasteiger partial charge in [-0.05, 0) is 48.4 Å². The van der Waals surface area contributed by atoms with Crippen LogP contribution >= 0.6 is 27.3 Å². The van der Waals surface area contributed by atoms with Crippen molar-refractivity contribution >= 4 is 38.5 Å². The van der Waals surface area contributed by atoms with Crippen molar-refractivity contribution in [2.45, 2.75) is 26.2 Å². The molecule has 0 aliphatic heterocycles. The number of aliphatic imine (C=N–C) groups is 1. The highest BCUT2D eigenvalue weighted by Gasteiger charge is 2.23. The Morgan fingerprint density at radius 2 is 2.14 bits per heavy atom. The molecule has 0 fully saturated rings. The number of rotatable bonds is 2. The molecule has 1 aliphatic rings. The van der Waals surface area contributed by atoms with Gasteiger partial charge in [0, 0.05) is 15.6 Å². The molecule has 3 rings (SSSR count). The normalized spacial score (nSPS) is 17.7. The maximum absolute atomic E-state index is 9.44. The summed E-state index contributed by atoms with van der Waals surface area (Å²) in [6.07, 6.45) is 5.12. The Kier molecular flexibility index (Phi) is 4.23. The minimum Gasteiger partial charge on any atom is -0.244 e. The van der Waals surface area contributed by atoms with Crippen molar-refractivity contribution in [2.75, 3.05) is 0 Å². The number of hydrogen-bond acceptors (Lipinski definition) is 3.